The van der Waals surface area contributed by atoms with Crippen LogP contribution in [0.25, 0.3) is 0 Å². The SMILES string of the molecule is Cc1cncc(C(=O)NC[C@H]2[C@H]3CN(c4ncccc4F)C[C@]34CC[C@H]2O4)c1. The lowest BCUT2D eigenvalue weighted by Crippen LogP contribution is -2.41. The summed E-state index contributed by atoms with van der Waals surface area (Å²) in [5.41, 5.74) is 1.29. The molecule has 5 rings (SSSR count). The molecule has 28 heavy (non-hydrogen) atoms. The Morgan fingerprint density at radius 1 is 1.46 bits per heavy atom. The third-order valence-corrected chi connectivity index (χ3v) is 6.46. The number of pyridine rings is 2. The van der Waals surface area contributed by atoms with Crippen LogP contribution >= 0.6 is 0 Å². The van der Waals surface area contributed by atoms with Gasteiger partial charge in [-0.05, 0) is 43.5 Å². The summed E-state index contributed by atoms with van der Waals surface area (Å²) in [6, 6.07) is 4.89. The van der Waals surface area contributed by atoms with Gasteiger partial charge in [-0.1, -0.05) is 0 Å². The molecule has 1 spiro atoms. The van der Waals surface area contributed by atoms with E-state index in [2.05, 4.69) is 15.3 Å². The van der Waals surface area contributed by atoms with Crippen molar-refractivity contribution < 1.29 is 13.9 Å². The van der Waals surface area contributed by atoms with E-state index in [0.29, 0.717) is 31.0 Å². The second kappa shape index (κ2) is 6.51. The molecule has 1 N–H and O–H groups in total. The first-order chi connectivity index (χ1) is 13.6. The largest absolute Gasteiger partial charge is 0.369 e. The number of amides is 1. The van der Waals surface area contributed by atoms with E-state index >= 15 is 0 Å². The molecule has 1 amide bonds. The van der Waals surface area contributed by atoms with Crippen LogP contribution in [-0.2, 0) is 4.74 Å². The number of nitrogens with one attached hydrogen (secondary N) is 1. The molecule has 3 saturated heterocycles. The monoisotopic (exact) mass is 382 g/mol. The number of fused-ring (bicyclic) bond motifs is 1. The molecule has 5 heterocycles. The van der Waals surface area contributed by atoms with Crippen LogP contribution in [0, 0.1) is 24.6 Å². The summed E-state index contributed by atoms with van der Waals surface area (Å²) in [5.74, 6) is 0.478. The molecule has 3 aliphatic heterocycles. The van der Waals surface area contributed by atoms with E-state index in [0.717, 1.165) is 18.4 Å². The number of ether oxygens (including phenoxy) is 1. The fourth-order valence-electron chi connectivity index (χ4n) is 5.23. The fourth-order valence-corrected chi connectivity index (χ4v) is 5.23. The predicted octanol–water partition coefficient (Wildman–Crippen LogP) is 2.34. The highest BCUT2D eigenvalue weighted by molar-refractivity contribution is 5.94. The van der Waals surface area contributed by atoms with Crippen LogP contribution < -0.4 is 10.2 Å². The number of halogens is 1. The molecule has 3 fully saturated rings. The van der Waals surface area contributed by atoms with Gasteiger partial charge >= 0.3 is 0 Å². The number of hydrogen-bond donors (Lipinski definition) is 1. The van der Waals surface area contributed by atoms with E-state index in [-0.39, 0.29) is 35.3 Å². The number of rotatable bonds is 4. The van der Waals surface area contributed by atoms with Crippen molar-refractivity contribution in [1.29, 1.82) is 0 Å². The lowest BCUT2D eigenvalue weighted by molar-refractivity contribution is 0.0141. The Labute approximate surface area is 163 Å². The number of aryl methyl sites for hydroxylation is 1. The zero-order chi connectivity index (χ0) is 19.3. The van der Waals surface area contributed by atoms with Crippen LogP contribution in [-0.4, -0.2) is 47.2 Å². The van der Waals surface area contributed by atoms with E-state index in [1.54, 1.807) is 24.7 Å². The molecule has 2 bridgehead atoms. The van der Waals surface area contributed by atoms with Crippen molar-refractivity contribution in [1.82, 2.24) is 15.3 Å². The number of anilines is 1. The molecule has 7 heteroatoms. The summed E-state index contributed by atoms with van der Waals surface area (Å²) in [7, 11) is 0. The number of carbonyl (C=O) groups is 1. The summed E-state index contributed by atoms with van der Waals surface area (Å²) in [6.07, 6.45) is 7.07. The minimum atomic E-state index is -0.301. The van der Waals surface area contributed by atoms with Crippen molar-refractivity contribution in [2.45, 2.75) is 31.5 Å². The quantitative estimate of drug-likeness (QED) is 0.879. The molecule has 6 nitrogen and oxygen atoms in total. The third kappa shape index (κ3) is 2.76. The number of hydrogen-bond acceptors (Lipinski definition) is 5. The Morgan fingerprint density at radius 3 is 3.18 bits per heavy atom. The molecule has 0 saturated carbocycles. The molecule has 0 aromatic carbocycles. The summed E-state index contributed by atoms with van der Waals surface area (Å²) in [4.78, 5) is 22.8. The maximum Gasteiger partial charge on any atom is 0.252 e. The Bertz CT molecular complexity index is 923. The molecule has 0 radical (unpaired) electrons. The maximum atomic E-state index is 14.2. The van der Waals surface area contributed by atoms with Crippen molar-refractivity contribution in [3.8, 4) is 0 Å². The molecule has 146 valence electrons. The smallest absolute Gasteiger partial charge is 0.252 e. The van der Waals surface area contributed by atoms with Crippen LogP contribution in [0.3, 0.4) is 0 Å². The summed E-state index contributed by atoms with van der Waals surface area (Å²) < 4.78 is 20.6. The molecule has 0 unspecified atom stereocenters. The molecule has 2 aromatic rings. The highest BCUT2D eigenvalue weighted by atomic mass is 19.1. The first kappa shape index (κ1) is 17.6. The van der Waals surface area contributed by atoms with Crippen LogP contribution in [0.15, 0.2) is 36.8 Å². The minimum Gasteiger partial charge on any atom is -0.369 e. The van der Waals surface area contributed by atoms with Crippen LogP contribution in [0.2, 0.25) is 0 Å². The molecular weight excluding hydrogens is 359 g/mol. The van der Waals surface area contributed by atoms with Crippen molar-refractivity contribution in [3.63, 3.8) is 0 Å². The zero-order valence-corrected chi connectivity index (χ0v) is 15.8. The van der Waals surface area contributed by atoms with Crippen LogP contribution in [0.5, 0.6) is 0 Å². The fraction of sp³-hybridized carbons (Fsp3) is 0.476. The average molecular weight is 382 g/mol. The molecule has 4 atom stereocenters. The Balaban J connectivity index is 1.31. The zero-order valence-electron chi connectivity index (χ0n) is 15.8. The van der Waals surface area contributed by atoms with Gasteiger partial charge in [0.15, 0.2) is 11.6 Å². The number of nitrogens with zero attached hydrogens (tertiary/aromatic N) is 3. The molecular formula is C21H23FN4O2. The van der Waals surface area contributed by atoms with Crippen molar-refractivity contribution >= 4 is 11.7 Å². The van der Waals surface area contributed by atoms with Crippen LogP contribution in [0.1, 0.15) is 28.8 Å². The topological polar surface area (TPSA) is 67.4 Å². The van der Waals surface area contributed by atoms with Gasteiger partial charge in [0.1, 0.15) is 0 Å². The first-order valence-electron chi connectivity index (χ1n) is 9.79. The number of aromatic nitrogens is 2. The number of carbonyl (C=O) groups excluding carboxylic acids is 1. The first-order valence-corrected chi connectivity index (χ1v) is 9.79. The summed E-state index contributed by atoms with van der Waals surface area (Å²) in [5, 5.41) is 3.06. The second-order valence-electron chi connectivity index (χ2n) is 8.18. The van der Waals surface area contributed by atoms with Gasteiger partial charge in [-0.25, -0.2) is 9.37 Å². The van der Waals surface area contributed by atoms with Gasteiger partial charge in [-0.2, -0.15) is 0 Å². The highest BCUT2D eigenvalue weighted by Crippen LogP contribution is 2.55. The van der Waals surface area contributed by atoms with E-state index in [4.69, 9.17) is 4.74 Å². The van der Waals surface area contributed by atoms with Crippen molar-refractivity contribution in [2.75, 3.05) is 24.5 Å². The van der Waals surface area contributed by atoms with Gasteiger partial charge in [-0.3, -0.25) is 9.78 Å². The lowest BCUT2D eigenvalue weighted by Gasteiger charge is -2.29. The van der Waals surface area contributed by atoms with Crippen molar-refractivity contribution in [2.24, 2.45) is 11.8 Å². The third-order valence-electron chi connectivity index (χ3n) is 6.46. The second-order valence-corrected chi connectivity index (χ2v) is 8.18. The standard InChI is InChI=1S/C21H23FN4O2/c1-13-7-14(9-23-8-13)20(27)25-10-15-16-11-26(19-17(22)3-2-6-24-19)12-21(16)5-4-18(15)28-21/h2-3,6-9,15-16,18H,4-5,10-12H2,1H3,(H,25,27)/t15-,16+,18+,21+/m0/s1. The summed E-state index contributed by atoms with van der Waals surface area (Å²) in [6.45, 7) is 3.84. The highest BCUT2D eigenvalue weighted by Gasteiger charge is 2.63. The van der Waals surface area contributed by atoms with Gasteiger partial charge < -0.3 is 15.0 Å². The molecule has 3 aliphatic rings. The molecule has 0 aliphatic carbocycles. The Kier molecular flexibility index (Phi) is 4.08. The lowest BCUT2D eigenvalue weighted by atomic mass is 9.73. The van der Waals surface area contributed by atoms with Gasteiger partial charge in [0.25, 0.3) is 5.91 Å². The van der Waals surface area contributed by atoms with Gasteiger partial charge in [-0.15, -0.1) is 0 Å². The molecule has 2 aromatic heterocycles. The maximum absolute atomic E-state index is 14.2. The van der Waals surface area contributed by atoms with E-state index in [1.165, 1.54) is 6.07 Å². The van der Waals surface area contributed by atoms with Crippen molar-refractivity contribution in [3.05, 3.63) is 53.7 Å². The van der Waals surface area contributed by atoms with E-state index in [1.807, 2.05) is 17.9 Å². The normalized spacial score (nSPS) is 30.5. The van der Waals surface area contributed by atoms with E-state index < -0.39 is 0 Å². The van der Waals surface area contributed by atoms with Gasteiger partial charge in [0.2, 0.25) is 0 Å². The predicted molar refractivity (Wildman–Crippen MR) is 102 cm³/mol. The minimum absolute atomic E-state index is 0.112. The van der Waals surface area contributed by atoms with Gasteiger partial charge in [0.05, 0.1) is 17.3 Å². The summed E-state index contributed by atoms with van der Waals surface area (Å²) >= 11 is 0. The average Bonchev–Trinajstić information content (AvgIpc) is 3.35. The van der Waals surface area contributed by atoms with Gasteiger partial charge in [0, 0.05) is 50.1 Å². The van der Waals surface area contributed by atoms with E-state index in [9.17, 15) is 9.18 Å². The Morgan fingerprint density at radius 2 is 2.36 bits per heavy atom. The Hall–Kier alpha value is -2.54. The van der Waals surface area contributed by atoms with Crippen LogP contribution in [0.4, 0.5) is 10.2 Å².